The number of nitrogens with zero attached hydrogens (tertiary/aromatic N) is 1. The van der Waals surface area contributed by atoms with Crippen molar-refractivity contribution < 1.29 is 9.53 Å². The van der Waals surface area contributed by atoms with Crippen LogP contribution in [0, 0.1) is 0 Å². The molecule has 1 heterocycles. The molecule has 15 heavy (non-hydrogen) atoms. The topological polar surface area (TPSA) is 81.0 Å². The summed E-state index contributed by atoms with van der Waals surface area (Å²) in [6.07, 6.45) is 6.90. The number of nitrogens with one attached hydrogen (secondary N) is 1. The number of rotatable bonds is 5. The van der Waals surface area contributed by atoms with Gasteiger partial charge in [-0.3, -0.25) is 0 Å². The van der Waals surface area contributed by atoms with Crippen LogP contribution in [0.4, 0.5) is 0 Å². The average molecular weight is 209 g/mol. The molecule has 0 aliphatic rings. The van der Waals surface area contributed by atoms with Crippen molar-refractivity contribution in [2.45, 2.75) is 19.4 Å². The van der Waals surface area contributed by atoms with Gasteiger partial charge in [0.25, 0.3) is 0 Å². The van der Waals surface area contributed by atoms with Crippen molar-refractivity contribution in [3.63, 3.8) is 0 Å². The molecular weight excluding hydrogens is 194 g/mol. The molecule has 5 heteroatoms. The molecule has 5 nitrogen and oxygen atoms in total. The third-order valence-corrected chi connectivity index (χ3v) is 1.78. The van der Waals surface area contributed by atoms with E-state index in [1.807, 2.05) is 0 Å². The van der Waals surface area contributed by atoms with E-state index < -0.39 is 0 Å². The van der Waals surface area contributed by atoms with E-state index in [1.54, 1.807) is 25.5 Å². The Morgan fingerprint density at radius 2 is 2.60 bits per heavy atom. The molecule has 3 N–H and O–H groups in total. The molecule has 1 aromatic rings. The summed E-state index contributed by atoms with van der Waals surface area (Å²) in [5, 5.41) is 0. The maximum atomic E-state index is 11.0. The van der Waals surface area contributed by atoms with Crippen molar-refractivity contribution >= 4 is 5.97 Å². The van der Waals surface area contributed by atoms with Crippen LogP contribution in [0.3, 0.4) is 0 Å². The summed E-state index contributed by atoms with van der Waals surface area (Å²) in [5.74, 6) is -0.363. The van der Waals surface area contributed by atoms with Gasteiger partial charge in [0, 0.05) is 30.4 Å². The third kappa shape index (κ3) is 4.42. The number of ether oxygens (including phenoxy) is 1. The maximum Gasteiger partial charge on any atom is 0.330 e. The van der Waals surface area contributed by atoms with Crippen molar-refractivity contribution in [1.29, 1.82) is 0 Å². The summed E-state index contributed by atoms with van der Waals surface area (Å²) in [5.41, 5.74) is 6.71. The molecule has 0 aliphatic heterocycles. The fourth-order valence-electron chi connectivity index (χ4n) is 1.11. The van der Waals surface area contributed by atoms with Crippen molar-refractivity contribution in [3.05, 3.63) is 30.4 Å². The van der Waals surface area contributed by atoms with Crippen molar-refractivity contribution in [1.82, 2.24) is 9.97 Å². The molecular formula is C10H15N3O2. The van der Waals surface area contributed by atoms with E-state index in [4.69, 9.17) is 10.5 Å². The average Bonchev–Trinajstić information content (AvgIpc) is 2.68. The lowest BCUT2D eigenvalue weighted by Crippen LogP contribution is -2.20. The molecule has 1 rings (SSSR count). The van der Waals surface area contributed by atoms with Crippen molar-refractivity contribution in [3.8, 4) is 0 Å². The quantitative estimate of drug-likeness (QED) is 0.543. The third-order valence-electron chi connectivity index (χ3n) is 1.78. The number of hydrogen-bond acceptors (Lipinski definition) is 4. The number of imidazole rings is 1. The molecule has 82 valence electrons. The first kappa shape index (κ1) is 11.5. The number of hydrogen-bond donors (Lipinski definition) is 2. The van der Waals surface area contributed by atoms with Crippen LogP contribution in [0.5, 0.6) is 0 Å². The minimum absolute atomic E-state index is 0.213. The number of H-pyrrole nitrogens is 1. The van der Waals surface area contributed by atoms with Gasteiger partial charge in [-0.05, 0) is 6.92 Å². The van der Waals surface area contributed by atoms with E-state index in [9.17, 15) is 4.79 Å². The first-order valence-electron chi connectivity index (χ1n) is 4.80. The number of esters is 1. The Balaban J connectivity index is 2.35. The molecule has 0 unspecified atom stereocenters. The zero-order valence-corrected chi connectivity index (χ0v) is 8.64. The second kappa shape index (κ2) is 5.98. The van der Waals surface area contributed by atoms with Gasteiger partial charge in [-0.1, -0.05) is 6.08 Å². The molecule has 0 bridgehead atoms. The van der Waals surface area contributed by atoms with Gasteiger partial charge in [0.1, 0.15) is 0 Å². The fraction of sp³-hybridized carbons (Fsp3) is 0.400. The number of carbonyl (C=O) groups is 1. The van der Waals surface area contributed by atoms with E-state index in [0.29, 0.717) is 13.0 Å². The van der Waals surface area contributed by atoms with Gasteiger partial charge in [0.05, 0.1) is 12.9 Å². The van der Waals surface area contributed by atoms with E-state index in [-0.39, 0.29) is 12.0 Å². The monoisotopic (exact) mass is 209 g/mol. The molecule has 0 aromatic carbocycles. The molecule has 0 spiro atoms. The van der Waals surface area contributed by atoms with Gasteiger partial charge < -0.3 is 15.5 Å². The highest BCUT2D eigenvalue weighted by Crippen LogP contribution is 1.97. The maximum absolute atomic E-state index is 11.0. The van der Waals surface area contributed by atoms with Crippen LogP contribution in [-0.4, -0.2) is 28.6 Å². The van der Waals surface area contributed by atoms with E-state index >= 15 is 0 Å². The van der Waals surface area contributed by atoms with Gasteiger partial charge in [-0.25, -0.2) is 9.78 Å². The van der Waals surface area contributed by atoms with Gasteiger partial charge >= 0.3 is 5.97 Å². The Labute approximate surface area is 88.3 Å². The Bertz CT molecular complexity index is 319. The first-order valence-corrected chi connectivity index (χ1v) is 4.80. The molecule has 0 fully saturated rings. The molecule has 1 atom stereocenters. The highest BCUT2D eigenvalue weighted by Gasteiger charge is 2.02. The SMILES string of the molecule is CCOC(=O)C=C[C@H](N)Cc1cnc[nH]1. The Morgan fingerprint density at radius 3 is 3.20 bits per heavy atom. The first-order chi connectivity index (χ1) is 7.22. The number of aromatic nitrogens is 2. The summed E-state index contributed by atoms with van der Waals surface area (Å²) in [6.45, 7) is 2.13. The Kier molecular flexibility index (Phi) is 4.56. The Hall–Kier alpha value is -1.62. The zero-order chi connectivity index (χ0) is 11.1. The second-order valence-corrected chi connectivity index (χ2v) is 3.06. The predicted molar refractivity (Wildman–Crippen MR) is 56.0 cm³/mol. The van der Waals surface area contributed by atoms with E-state index in [0.717, 1.165) is 5.69 Å². The lowest BCUT2D eigenvalue weighted by molar-refractivity contribution is -0.137. The minimum atomic E-state index is -0.363. The summed E-state index contributed by atoms with van der Waals surface area (Å²) >= 11 is 0. The lowest BCUT2D eigenvalue weighted by atomic mass is 10.1. The normalized spacial score (nSPS) is 12.9. The zero-order valence-electron chi connectivity index (χ0n) is 8.64. The fourth-order valence-corrected chi connectivity index (χ4v) is 1.11. The lowest BCUT2D eigenvalue weighted by Gasteiger charge is -2.03. The molecule has 0 aliphatic carbocycles. The van der Waals surface area contributed by atoms with Gasteiger partial charge in [0.2, 0.25) is 0 Å². The van der Waals surface area contributed by atoms with E-state index in [2.05, 4.69) is 9.97 Å². The van der Waals surface area contributed by atoms with Crippen LogP contribution in [0.15, 0.2) is 24.7 Å². The largest absolute Gasteiger partial charge is 0.463 e. The standard InChI is InChI=1S/C10H15N3O2/c1-2-15-10(14)4-3-8(11)5-9-6-12-7-13-9/h3-4,6-8H,2,5,11H2,1H3,(H,12,13)/t8-/m0/s1. The molecule has 1 aromatic heterocycles. The molecule has 0 radical (unpaired) electrons. The molecule has 0 amide bonds. The van der Waals surface area contributed by atoms with Crippen LogP contribution in [0.2, 0.25) is 0 Å². The minimum Gasteiger partial charge on any atom is -0.463 e. The predicted octanol–water partition coefficient (Wildman–Crippen LogP) is 0.399. The van der Waals surface area contributed by atoms with Crippen LogP contribution < -0.4 is 5.73 Å². The highest BCUT2D eigenvalue weighted by molar-refractivity contribution is 5.81. The highest BCUT2D eigenvalue weighted by atomic mass is 16.5. The molecule has 0 saturated carbocycles. The van der Waals surface area contributed by atoms with Gasteiger partial charge in [-0.2, -0.15) is 0 Å². The van der Waals surface area contributed by atoms with Crippen LogP contribution in [0.25, 0.3) is 0 Å². The summed E-state index contributed by atoms with van der Waals surface area (Å²) in [4.78, 5) is 17.8. The van der Waals surface area contributed by atoms with Gasteiger partial charge in [-0.15, -0.1) is 0 Å². The van der Waals surface area contributed by atoms with Crippen LogP contribution >= 0.6 is 0 Å². The number of aromatic amines is 1. The number of nitrogens with two attached hydrogens (primary N) is 1. The summed E-state index contributed by atoms with van der Waals surface area (Å²) < 4.78 is 4.73. The summed E-state index contributed by atoms with van der Waals surface area (Å²) in [7, 11) is 0. The second-order valence-electron chi connectivity index (χ2n) is 3.06. The van der Waals surface area contributed by atoms with Gasteiger partial charge in [0.15, 0.2) is 0 Å². The van der Waals surface area contributed by atoms with Crippen molar-refractivity contribution in [2.75, 3.05) is 6.61 Å². The number of carbonyl (C=O) groups excluding carboxylic acids is 1. The van der Waals surface area contributed by atoms with Crippen LogP contribution in [-0.2, 0) is 16.0 Å². The van der Waals surface area contributed by atoms with E-state index in [1.165, 1.54) is 6.08 Å². The summed E-state index contributed by atoms with van der Waals surface area (Å²) in [6, 6.07) is -0.213. The molecule has 0 saturated heterocycles. The smallest absolute Gasteiger partial charge is 0.330 e. The van der Waals surface area contributed by atoms with Crippen molar-refractivity contribution in [2.24, 2.45) is 5.73 Å². The van der Waals surface area contributed by atoms with Crippen LogP contribution in [0.1, 0.15) is 12.6 Å². The Morgan fingerprint density at radius 1 is 1.80 bits per heavy atom.